The average Bonchev–Trinajstić information content (AvgIpc) is 3.03. The van der Waals surface area contributed by atoms with Crippen molar-refractivity contribution in [3.05, 3.63) is 12.2 Å². The largest absolute Gasteiger partial charge is 0.0998 e. The van der Waals surface area contributed by atoms with Gasteiger partial charge >= 0.3 is 0 Å². The van der Waals surface area contributed by atoms with Gasteiger partial charge in [-0.3, -0.25) is 0 Å². The Labute approximate surface area is 178 Å². The Morgan fingerprint density at radius 2 is 1.39 bits per heavy atom. The van der Waals surface area contributed by atoms with Crippen molar-refractivity contribution < 1.29 is 0 Å². The molecule has 28 heavy (non-hydrogen) atoms. The molecular formula is C28H52. The summed E-state index contributed by atoms with van der Waals surface area (Å²) in [6, 6.07) is 0. The summed E-state index contributed by atoms with van der Waals surface area (Å²) in [6.45, 7) is 25.2. The Morgan fingerprint density at radius 3 is 2.00 bits per heavy atom. The summed E-state index contributed by atoms with van der Waals surface area (Å²) >= 11 is 0. The van der Waals surface area contributed by atoms with Crippen molar-refractivity contribution in [3.8, 4) is 0 Å². The maximum atomic E-state index is 4.39. The highest BCUT2D eigenvalue weighted by Crippen LogP contribution is 2.72. The van der Waals surface area contributed by atoms with Gasteiger partial charge in [0.25, 0.3) is 0 Å². The van der Waals surface area contributed by atoms with Gasteiger partial charge in [0, 0.05) is 0 Å². The topological polar surface area (TPSA) is 0 Å². The minimum Gasteiger partial charge on any atom is -0.0998 e. The molecule has 164 valence electrons. The van der Waals surface area contributed by atoms with Crippen LogP contribution >= 0.6 is 0 Å². The quantitative estimate of drug-likeness (QED) is 0.392. The maximum Gasteiger partial charge on any atom is -0.0152 e. The highest BCUT2D eigenvalue weighted by atomic mass is 14.7. The molecule has 4 aliphatic carbocycles. The van der Waals surface area contributed by atoms with Crippen molar-refractivity contribution in [2.24, 2.45) is 45.8 Å². The molecule has 4 saturated carbocycles. The smallest absolute Gasteiger partial charge is 0.0152 e. The van der Waals surface area contributed by atoms with Crippen molar-refractivity contribution in [1.82, 2.24) is 0 Å². The van der Waals surface area contributed by atoms with Gasteiger partial charge in [-0.1, -0.05) is 74.0 Å². The zero-order chi connectivity index (χ0) is 21.3. The molecule has 0 N–H and O–H groups in total. The van der Waals surface area contributed by atoms with E-state index in [0.29, 0.717) is 16.2 Å². The van der Waals surface area contributed by atoms with Crippen LogP contribution in [0.2, 0.25) is 0 Å². The first-order valence-corrected chi connectivity index (χ1v) is 12.9. The molecule has 0 aromatic rings. The zero-order valence-electron chi connectivity index (χ0n) is 21.0. The fourth-order valence-corrected chi connectivity index (χ4v) is 8.94. The zero-order valence-corrected chi connectivity index (χ0v) is 21.0. The summed E-state index contributed by atoms with van der Waals surface area (Å²) in [5.74, 6) is 4.73. The maximum absolute atomic E-state index is 4.39. The summed E-state index contributed by atoms with van der Waals surface area (Å²) in [4.78, 5) is 0. The number of hydrogen-bond donors (Lipinski definition) is 0. The average molecular weight is 389 g/mol. The first kappa shape index (κ1) is 24.0. The van der Waals surface area contributed by atoms with Gasteiger partial charge in [-0.25, -0.2) is 0 Å². The first-order valence-electron chi connectivity index (χ1n) is 12.9. The Bertz CT molecular complexity index is 532. The van der Waals surface area contributed by atoms with Crippen LogP contribution in [-0.4, -0.2) is 0 Å². The minimum atomic E-state index is 0.548. The number of allylic oxidation sites excluding steroid dienone is 1. The van der Waals surface area contributed by atoms with Crippen LogP contribution in [0, 0.1) is 45.8 Å². The van der Waals surface area contributed by atoms with Gasteiger partial charge in [-0.15, -0.1) is 0 Å². The van der Waals surface area contributed by atoms with Crippen LogP contribution < -0.4 is 0 Å². The SMILES string of the molecule is C=C(C)C1CCC2C1(C)CCC1C3CCC(C)CC3(C)CCC12C.CC.CC. The molecule has 4 rings (SSSR count). The molecule has 0 nitrogen and oxygen atoms in total. The van der Waals surface area contributed by atoms with E-state index in [1.165, 1.54) is 63.4 Å². The molecular weight excluding hydrogens is 336 g/mol. The lowest BCUT2D eigenvalue weighted by atomic mass is 9.40. The normalized spacial score (nSPS) is 49.2. The first-order chi connectivity index (χ1) is 13.2. The molecule has 0 bridgehead atoms. The van der Waals surface area contributed by atoms with Crippen LogP contribution in [0.4, 0.5) is 0 Å². The third-order valence-corrected chi connectivity index (χ3v) is 9.97. The second-order valence-electron chi connectivity index (χ2n) is 11.3. The number of hydrogen-bond acceptors (Lipinski definition) is 0. The van der Waals surface area contributed by atoms with Gasteiger partial charge in [0.2, 0.25) is 0 Å². The monoisotopic (exact) mass is 388 g/mol. The molecule has 8 unspecified atom stereocenters. The van der Waals surface area contributed by atoms with E-state index in [1.807, 2.05) is 27.7 Å². The summed E-state index contributed by atoms with van der Waals surface area (Å²) in [5, 5.41) is 0. The van der Waals surface area contributed by atoms with Gasteiger partial charge in [0.1, 0.15) is 0 Å². The third kappa shape index (κ3) is 3.65. The highest BCUT2D eigenvalue weighted by Gasteiger charge is 2.63. The lowest BCUT2D eigenvalue weighted by Gasteiger charge is -2.65. The van der Waals surface area contributed by atoms with E-state index in [9.17, 15) is 0 Å². The molecule has 0 aromatic carbocycles. The van der Waals surface area contributed by atoms with Crippen molar-refractivity contribution in [1.29, 1.82) is 0 Å². The van der Waals surface area contributed by atoms with Crippen LogP contribution in [0.1, 0.15) is 120 Å². The number of fused-ring (bicyclic) bond motifs is 5. The van der Waals surface area contributed by atoms with Crippen LogP contribution in [0.25, 0.3) is 0 Å². The lowest BCUT2D eigenvalue weighted by Crippen LogP contribution is -2.57. The summed E-state index contributed by atoms with van der Waals surface area (Å²) in [6.07, 6.45) is 13.4. The second kappa shape index (κ2) is 8.85. The number of rotatable bonds is 1. The minimum absolute atomic E-state index is 0.548. The van der Waals surface area contributed by atoms with Gasteiger partial charge < -0.3 is 0 Å². The molecule has 0 aromatic heterocycles. The highest BCUT2D eigenvalue weighted by molar-refractivity contribution is 5.17. The Balaban J connectivity index is 0.000000660. The van der Waals surface area contributed by atoms with E-state index in [0.717, 1.165) is 29.6 Å². The van der Waals surface area contributed by atoms with E-state index in [1.54, 1.807) is 0 Å². The van der Waals surface area contributed by atoms with Crippen molar-refractivity contribution in [2.75, 3.05) is 0 Å². The fourth-order valence-electron chi connectivity index (χ4n) is 8.94. The van der Waals surface area contributed by atoms with Gasteiger partial charge in [0.15, 0.2) is 0 Å². The van der Waals surface area contributed by atoms with E-state index in [4.69, 9.17) is 0 Å². The molecule has 4 aliphatic rings. The molecule has 0 spiro atoms. The standard InChI is InChI=1S/C24H40.2C2H6/c1-16(2)18-9-10-21-23(18,5)12-11-20-19-8-7-17(3)15-22(19,4)13-14-24(20,21)6;2*1-2/h17-21H,1,7-15H2,2-6H3;2*1-2H3. The van der Waals surface area contributed by atoms with E-state index < -0.39 is 0 Å². The molecule has 0 amide bonds. The Morgan fingerprint density at radius 1 is 0.750 bits per heavy atom. The molecule has 4 fully saturated rings. The molecule has 0 saturated heterocycles. The van der Waals surface area contributed by atoms with Crippen molar-refractivity contribution in [2.45, 2.75) is 120 Å². The Kier molecular flexibility index (Phi) is 7.59. The predicted octanol–water partition coefficient (Wildman–Crippen LogP) is 9.30. The predicted molar refractivity (Wildman–Crippen MR) is 127 cm³/mol. The van der Waals surface area contributed by atoms with Gasteiger partial charge in [0.05, 0.1) is 0 Å². The van der Waals surface area contributed by atoms with Crippen molar-refractivity contribution >= 4 is 0 Å². The molecule has 0 radical (unpaired) electrons. The van der Waals surface area contributed by atoms with E-state index >= 15 is 0 Å². The van der Waals surface area contributed by atoms with Crippen LogP contribution in [0.5, 0.6) is 0 Å². The van der Waals surface area contributed by atoms with Gasteiger partial charge in [-0.2, -0.15) is 0 Å². The third-order valence-electron chi connectivity index (χ3n) is 9.97. The summed E-state index contributed by atoms with van der Waals surface area (Å²) < 4.78 is 0. The molecule has 0 heterocycles. The van der Waals surface area contributed by atoms with E-state index in [-0.39, 0.29) is 0 Å². The van der Waals surface area contributed by atoms with E-state index in [2.05, 4.69) is 41.2 Å². The summed E-state index contributed by atoms with van der Waals surface area (Å²) in [7, 11) is 0. The summed E-state index contributed by atoms with van der Waals surface area (Å²) in [5.41, 5.74) is 3.28. The second-order valence-corrected chi connectivity index (χ2v) is 11.3. The lowest BCUT2D eigenvalue weighted by molar-refractivity contribution is -0.153. The van der Waals surface area contributed by atoms with Crippen molar-refractivity contribution in [3.63, 3.8) is 0 Å². The molecule has 0 aliphatic heterocycles. The molecule has 8 atom stereocenters. The molecule has 0 heteroatoms. The van der Waals surface area contributed by atoms with Crippen LogP contribution in [0.3, 0.4) is 0 Å². The fraction of sp³-hybridized carbons (Fsp3) is 0.929. The van der Waals surface area contributed by atoms with Crippen LogP contribution in [0.15, 0.2) is 12.2 Å². The van der Waals surface area contributed by atoms with Gasteiger partial charge in [-0.05, 0) is 104 Å². The Hall–Kier alpha value is -0.260. The van der Waals surface area contributed by atoms with Crippen LogP contribution in [-0.2, 0) is 0 Å².